The summed E-state index contributed by atoms with van der Waals surface area (Å²) < 4.78 is 17.3. The molecule has 1 aliphatic heterocycles. The van der Waals surface area contributed by atoms with Gasteiger partial charge in [0.25, 0.3) is 5.91 Å². The number of carbonyl (C=O) groups is 2. The van der Waals surface area contributed by atoms with Crippen molar-refractivity contribution in [2.75, 3.05) is 26.1 Å². The van der Waals surface area contributed by atoms with Crippen molar-refractivity contribution in [3.63, 3.8) is 0 Å². The Morgan fingerprint density at radius 1 is 1.06 bits per heavy atom. The van der Waals surface area contributed by atoms with Gasteiger partial charge in [-0.15, -0.1) is 0 Å². The van der Waals surface area contributed by atoms with E-state index in [4.69, 9.17) is 14.2 Å². The van der Waals surface area contributed by atoms with Crippen molar-refractivity contribution >= 4 is 17.7 Å². The largest absolute Gasteiger partial charge is 0.493 e. The van der Waals surface area contributed by atoms with Crippen LogP contribution in [0.4, 0.5) is 5.82 Å². The molecule has 1 atom stereocenters. The van der Waals surface area contributed by atoms with E-state index in [0.717, 1.165) is 5.56 Å². The maximum absolute atomic E-state index is 13.1. The first-order valence-corrected chi connectivity index (χ1v) is 9.72. The Hall–Kier alpha value is -4.01. The molecule has 0 saturated heterocycles. The van der Waals surface area contributed by atoms with Crippen LogP contribution in [0.1, 0.15) is 39.5 Å². The highest BCUT2D eigenvalue weighted by Gasteiger charge is 2.35. The molecule has 4 rings (SSSR count). The maximum atomic E-state index is 13.1. The van der Waals surface area contributed by atoms with Crippen LogP contribution in [0.25, 0.3) is 5.69 Å². The van der Waals surface area contributed by atoms with Crippen LogP contribution in [0, 0.1) is 0 Å². The average molecular weight is 422 g/mol. The van der Waals surface area contributed by atoms with Gasteiger partial charge in [0.2, 0.25) is 0 Å². The first-order valence-electron chi connectivity index (χ1n) is 9.72. The molecule has 1 unspecified atom stereocenters. The van der Waals surface area contributed by atoms with Crippen molar-refractivity contribution < 1.29 is 23.8 Å². The van der Waals surface area contributed by atoms with E-state index in [1.807, 2.05) is 36.4 Å². The van der Waals surface area contributed by atoms with E-state index in [1.54, 1.807) is 33.3 Å². The number of hydrogen-bond acceptors (Lipinski definition) is 7. The third kappa shape index (κ3) is 3.65. The predicted octanol–water partition coefficient (Wildman–Crippen LogP) is 2.92. The third-order valence-electron chi connectivity index (χ3n) is 4.88. The number of hydrogen-bond donors (Lipinski definition) is 2. The quantitative estimate of drug-likeness (QED) is 0.589. The molecule has 2 heterocycles. The molecule has 0 saturated carbocycles. The molecule has 3 aromatic rings. The van der Waals surface area contributed by atoms with Crippen LogP contribution in [0.5, 0.6) is 11.5 Å². The molecule has 0 spiro atoms. The summed E-state index contributed by atoms with van der Waals surface area (Å²) in [5.41, 5.74) is 1.54. The molecule has 0 aliphatic carbocycles. The second-order valence-corrected chi connectivity index (χ2v) is 6.71. The van der Waals surface area contributed by atoms with Crippen molar-refractivity contribution in [3.8, 4) is 17.2 Å². The molecular weight excluding hydrogens is 400 g/mol. The second kappa shape index (κ2) is 8.39. The SMILES string of the molecule is CCOC(=O)c1nn(-c2ccccc2)c2c1C(=O)NC(c1ccc(OC)c(OC)c1)N2. The lowest BCUT2D eigenvalue weighted by Crippen LogP contribution is -2.39. The van der Waals surface area contributed by atoms with Crippen molar-refractivity contribution in [1.82, 2.24) is 15.1 Å². The fourth-order valence-electron chi connectivity index (χ4n) is 3.44. The van der Waals surface area contributed by atoms with Crippen LogP contribution >= 0.6 is 0 Å². The van der Waals surface area contributed by atoms with Crippen molar-refractivity contribution in [2.24, 2.45) is 0 Å². The van der Waals surface area contributed by atoms with Crippen molar-refractivity contribution in [3.05, 3.63) is 65.4 Å². The highest BCUT2D eigenvalue weighted by Crippen LogP contribution is 2.35. The van der Waals surface area contributed by atoms with E-state index in [0.29, 0.717) is 23.0 Å². The lowest BCUT2D eigenvalue weighted by atomic mass is 10.1. The number of fused-ring (bicyclic) bond motifs is 1. The van der Waals surface area contributed by atoms with Gasteiger partial charge >= 0.3 is 5.97 Å². The Bertz CT molecular complexity index is 1130. The van der Waals surface area contributed by atoms with Gasteiger partial charge < -0.3 is 24.8 Å². The van der Waals surface area contributed by atoms with E-state index in [9.17, 15) is 9.59 Å². The number of nitrogens with one attached hydrogen (secondary N) is 2. The smallest absolute Gasteiger partial charge is 0.359 e. The molecule has 9 heteroatoms. The Kier molecular flexibility index (Phi) is 5.48. The number of anilines is 1. The van der Waals surface area contributed by atoms with Gasteiger partial charge in [-0.05, 0) is 36.8 Å². The van der Waals surface area contributed by atoms with E-state index in [-0.39, 0.29) is 17.9 Å². The summed E-state index contributed by atoms with van der Waals surface area (Å²) in [6.45, 7) is 1.87. The van der Waals surface area contributed by atoms with Gasteiger partial charge in [0.15, 0.2) is 17.2 Å². The number of rotatable bonds is 6. The summed E-state index contributed by atoms with van der Waals surface area (Å²) >= 11 is 0. The lowest BCUT2D eigenvalue weighted by Gasteiger charge is -2.27. The Morgan fingerprint density at radius 3 is 2.48 bits per heavy atom. The van der Waals surface area contributed by atoms with E-state index in [2.05, 4.69) is 15.7 Å². The minimum atomic E-state index is -0.657. The summed E-state index contributed by atoms with van der Waals surface area (Å²) in [7, 11) is 3.10. The molecule has 1 aromatic heterocycles. The summed E-state index contributed by atoms with van der Waals surface area (Å²) in [6, 6.07) is 14.6. The van der Waals surface area contributed by atoms with Gasteiger partial charge in [-0.2, -0.15) is 5.10 Å². The van der Waals surface area contributed by atoms with Crippen molar-refractivity contribution in [2.45, 2.75) is 13.1 Å². The second-order valence-electron chi connectivity index (χ2n) is 6.71. The van der Waals surface area contributed by atoms with Crippen molar-refractivity contribution in [1.29, 1.82) is 0 Å². The zero-order valence-electron chi connectivity index (χ0n) is 17.3. The average Bonchev–Trinajstić information content (AvgIpc) is 3.19. The maximum Gasteiger partial charge on any atom is 0.359 e. The fourth-order valence-corrected chi connectivity index (χ4v) is 3.44. The Morgan fingerprint density at radius 2 is 1.81 bits per heavy atom. The number of carbonyl (C=O) groups excluding carboxylic acids is 2. The highest BCUT2D eigenvalue weighted by molar-refractivity contribution is 6.09. The van der Waals surface area contributed by atoms with E-state index in [1.165, 1.54) is 4.68 Å². The molecule has 0 radical (unpaired) electrons. The molecule has 1 aliphatic rings. The molecule has 9 nitrogen and oxygen atoms in total. The molecular formula is C22H22N4O5. The number of methoxy groups -OCH3 is 2. The normalized spacial score (nSPS) is 14.8. The lowest BCUT2D eigenvalue weighted by molar-refractivity contribution is 0.0515. The Labute approximate surface area is 178 Å². The van der Waals surface area contributed by atoms with E-state index >= 15 is 0 Å². The summed E-state index contributed by atoms with van der Waals surface area (Å²) in [5.74, 6) is 0.421. The molecule has 0 bridgehead atoms. The van der Waals surface area contributed by atoms with Gasteiger partial charge in [-0.25, -0.2) is 9.48 Å². The van der Waals surface area contributed by atoms with Crippen LogP contribution in [0.2, 0.25) is 0 Å². The molecule has 1 amide bonds. The van der Waals surface area contributed by atoms with Crippen LogP contribution < -0.4 is 20.1 Å². The number of benzene rings is 2. The number of amides is 1. The zero-order valence-corrected chi connectivity index (χ0v) is 17.3. The standard InChI is InChI=1S/C22H22N4O5/c1-4-31-22(28)18-17-20(26(25-18)14-8-6-5-7-9-14)23-19(24-21(17)27)13-10-11-15(29-2)16(12-13)30-3/h5-12,19,23H,4H2,1-3H3,(H,24,27). The first kappa shape index (κ1) is 20.3. The highest BCUT2D eigenvalue weighted by atomic mass is 16.5. The van der Waals surface area contributed by atoms with Crippen LogP contribution in [0.3, 0.4) is 0 Å². The van der Waals surface area contributed by atoms with Crippen LogP contribution in [-0.2, 0) is 4.74 Å². The van der Waals surface area contributed by atoms with Gasteiger partial charge in [0.1, 0.15) is 17.5 Å². The number of ether oxygens (including phenoxy) is 3. The first-order chi connectivity index (χ1) is 15.1. The van der Waals surface area contributed by atoms with E-state index < -0.39 is 18.0 Å². The fraction of sp³-hybridized carbons (Fsp3) is 0.227. The predicted molar refractivity (Wildman–Crippen MR) is 113 cm³/mol. The topological polar surface area (TPSA) is 104 Å². The number of esters is 1. The minimum Gasteiger partial charge on any atom is -0.493 e. The van der Waals surface area contributed by atoms with Gasteiger partial charge in [-0.3, -0.25) is 4.79 Å². The van der Waals surface area contributed by atoms with Crippen LogP contribution in [0.15, 0.2) is 48.5 Å². The summed E-state index contributed by atoms with van der Waals surface area (Å²) in [6.07, 6.45) is -0.575. The summed E-state index contributed by atoms with van der Waals surface area (Å²) in [4.78, 5) is 25.5. The number of aromatic nitrogens is 2. The van der Waals surface area contributed by atoms with Crippen LogP contribution in [-0.4, -0.2) is 42.5 Å². The molecule has 160 valence electrons. The third-order valence-corrected chi connectivity index (χ3v) is 4.88. The monoisotopic (exact) mass is 422 g/mol. The number of para-hydroxylation sites is 1. The molecule has 0 fully saturated rings. The number of nitrogens with zero attached hydrogens (tertiary/aromatic N) is 2. The summed E-state index contributed by atoms with van der Waals surface area (Å²) in [5, 5.41) is 10.5. The molecule has 2 N–H and O–H groups in total. The molecule has 31 heavy (non-hydrogen) atoms. The Balaban J connectivity index is 1.80. The van der Waals surface area contributed by atoms with Gasteiger partial charge in [0.05, 0.1) is 26.5 Å². The minimum absolute atomic E-state index is 0.0449. The zero-order chi connectivity index (χ0) is 22.0. The molecule has 2 aromatic carbocycles. The van der Waals surface area contributed by atoms with Gasteiger partial charge in [0, 0.05) is 0 Å². The van der Waals surface area contributed by atoms with Gasteiger partial charge in [-0.1, -0.05) is 24.3 Å².